The van der Waals surface area contributed by atoms with Crippen LogP contribution in [0, 0.1) is 23.7 Å². The van der Waals surface area contributed by atoms with Crippen molar-refractivity contribution in [1.29, 1.82) is 0 Å². The predicted molar refractivity (Wildman–Crippen MR) is 96.8 cm³/mol. The van der Waals surface area contributed by atoms with E-state index in [0.29, 0.717) is 57.8 Å². The zero-order valence-corrected chi connectivity index (χ0v) is 15.9. The minimum absolute atomic E-state index is 0.0312. The van der Waals surface area contributed by atoms with E-state index in [2.05, 4.69) is 31.0 Å². The number of carbonyl (C=O) groups excluding carboxylic acids is 1. The standard InChI is InChI=1S/C19H35NO4/c1-17(2)7-5-11-22-14-10-20-19(21)8-6-12-23-15-16-24-13-9-18(3)4/h17-18H,6,8-16H2,1-4H3,(H,20,21). The van der Waals surface area contributed by atoms with Crippen LogP contribution in [0.5, 0.6) is 0 Å². The lowest BCUT2D eigenvalue weighted by Crippen LogP contribution is -2.27. The number of amides is 1. The summed E-state index contributed by atoms with van der Waals surface area (Å²) in [6.07, 6.45) is 2.27. The Morgan fingerprint density at radius 1 is 0.958 bits per heavy atom. The average molecular weight is 341 g/mol. The van der Waals surface area contributed by atoms with Gasteiger partial charge in [-0.15, -0.1) is 0 Å². The van der Waals surface area contributed by atoms with Crippen LogP contribution in [0.2, 0.25) is 0 Å². The molecule has 0 fully saturated rings. The van der Waals surface area contributed by atoms with Gasteiger partial charge >= 0.3 is 0 Å². The molecule has 0 bridgehead atoms. The molecule has 0 aromatic rings. The fourth-order valence-electron chi connectivity index (χ4n) is 1.70. The lowest BCUT2D eigenvalue weighted by atomic mass is 10.1. The van der Waals surface area contributed by atoms with Gasteiger partial charge in [0.05, 0.1) is 19.8 Å². The minimum Gasteiger partial charge on any atom is -0.379 e. The molecule has 0 saturated carbocycles. The van der Waals surface area contributed by atoms with E-state index in [1.807, 2.05) is 13.8 Å². The molecule has 0 unspecified atom stereocenters. The first-order chi connectivity index (χ1) is 11.5. The van der Waals surface area contributed by atoms with E-state index in [9.17, 15) is 4.79 Å². The lowest BCUT2D eigenvalue weighted by molar-refractivity contribution is -0.121. The first-order valence-electron chi connectivity index (χ1n) is 9.00. The third-order valence-electron chi connectivity index (χ3n) is 3.04. The van der Waals surface area contributed by atoms with Crippen molar-refractivity contribution in [3.8, 4) is 11.8 Å². The van der Waals surface area contributed by atoms with Gasteiger partial charge in [0.2, 0.25) is 5.91 Å². The summed E-state index contributed by atoms with van der Waals surface area (Å²) < 4.78 is 16.2. The Morgan fingerprint density at radius 2 is 1.67 bits per heavy atom. The summed E-state index contributed by atoms with van der Waals surface area (Å²) in [6, 6.07) is 0. The van der Waals surface area contributed by atoms with Crippen LogP contribution < -0.4 is 5.32 Å². The fraction of sp³-hybridized carbons (Fsp3) is 0.842. The van der Waals surface area contributed by atoms with E-state index >= 15 is 0 Å². The zero-order chi connectivity index (χ0) is 18.0. The normalized spacial score (nSPS) is 10.8. The molecule has 0 aliphatic rings. The maximum absolute atomic E-state index is 11.6. The molecule has 1 amide bonds. The van der Waals surface area contributed by atoms with Crippen molar-refractivity contribution >= 4 is 5.91 Å². The van der Waals surface area contributed by atoms with E-state index in [1.54, 1.807) is 0 Å². The Hall–Kier alpha value is -1.09. The zero-order valence-electron chi connectivity index (χ0n) is 15.9. The topological polar surface area (TPSA) is 56.8 Å². The SMILES string of the molecule is CC(C)C#CCOCCNC(=O)CCCOCCOCCC(C)C. The molecule has 0 aromatic carbocycles. The summed E-state index contributed by atoms with van der Waals surface area (Å²) in [6.45, 7) is 12.4. The molecule has 0 atom stereocenters. The number of hydrogen-bond donors (Lipinski definition) is 1. The van der Waals surface area contributed by atoms with Crippen LogP contribution in [0.3, 0.4) is 0 Å². The van der Waals surface area contributed by atoms with Crippen LogP contribution >= 0.6 is 0 Å². The third kappa shape index (κ3) is 19.0. The van der Waals surface area contributed by atoms with Crippen molar-refractivity contribution in [2.24, 2.45) is 11.8 Å². The summed E-state index contributed by atoms with van der Waals surface area (Å²) >= 11 is 0. The highest BCUT2D eigenvalue weighted by Crippen LogP contribution is 1.98. The average Bonchev–Trinajstić information content (AvgIpc) is 2.51. The summed E-state index contributed by atoms with van der Waals surface area (Å²) in [5.74, 6) is 7.02. The Balaban J connectivity index is 3.26. The highest BCUT2D eigenvalue weighted by atomic mass is 16.5. The van der Waals surface area contributed by atoms with E-state index < -0.39 is 0 Å². The van der Waals surface area contributed by atoms with Gasteiger partial charge in [0, 0.05) is 32.1 Å². The van der Waals surface area contributed by atoms with Gasteiger partial charge in [0.25, 0.3) is 0 Å². The van der Waals surface area contributed by atoms with Gasteiger partial charge in [0.15, 0.2) is 0 Å². The smallest absolute Gasteiger partial charge is 0.220 e. The predicted octanol–water partition coefficient (Wildman–Crippen LogP) is 2.64. The van der Waals surface area contributed by atoms with Gasteiger partial charge < -0.3 is 19.5 Å². The largest absolute Gasteiger partial charge is 0.379 e. The number of ether oxygens (including phenoxy) is 3. The van der Waals surface area contributed by atoms with Gasteiger partial charge in [-0.25, -0.2) is 0 Å². The minimum atomic E-state index is 0.0312. The summed E-state index contributed by atoms with van der Waals surface area (Å²) in [7, 11) is 0. The van der Waals surface area contributed by atoms with Crippen molar-refractivity contribution in [1.82, 2.24) is 5.32 Å². The maximum atomic E-state index is 11.6. The van der Waals surface area contributed by atoms with Gasteiger partial charge in [-0.1, -0.05) is 39.5 Å². The second kappa shape index (κ2) is 16.8. The van der Waals surface area contributed by atoms with Gasteiger partial charge in [-0.3, -0.25) is 4.79 Å². The van der Waals surface area contributed by atoms with Crippen LogP contribution in [0.15, 0.2) is 0 Å². The van der Waals surface area contributed by atoms with Crippen molar-refractivity contribution < 1.29 is 19.0 Å². The van der Waals surface area contributed by atoms with Crippen molar-refractivity contribution in [3.05, 3.63) is 0 Å². The molecule has 140 valence electrons. The number of hydrogen-bond acceptors (Lipinski definition) is 4. The van der Waals surface area contributed by atoms with E-state index in [1.165, 1.54) is 0 Å². The molecule has 5 heteroatoms. The summed E-state index contributed by atoms with van der Waals surface area (Å²) in [5.41, 5.74) is 0. The van der Waals surface area contributed by atoms with Crippen LogP contribution in [0.25, 0.3) is 0 Å². The van der Waals surface area contributed by atoms with Crippen molar-refractivity contribution in [2.75, 3.05) is 46.2 Å². The fourth-order valence-corrected chi connectivity index (χ4v) is 1.70. The lowest BCUT2D eigenvalue weighted by Gasteiger charge is -2.07. The van der Waals surface area contributed by atoms with Crippen molar-refractivity contribution in [2.45, 2.75) is 47.0 Å². The molecule has 0 aliphatic carbocycles. The van der Waals surface area contributed by atoms with Gasteiger partial charge in [-0.05, 0) is 18.8 Å². The van der Waals surface area contributed by atoms with Crippen LogP contribution in [-0.2, 0) is 19.0 Å². The molecule has 0 aromatic heterocycles. The third-order valence-corrected chi connectivity index (χ3v) is 3.04. The summed E-state index contributed by atoms with van der Waals surface area (Å²) in [4.78, 5) is 11.6. The Labute approximate surface area is 147 Å². The number of carbonyl (C=O) groups is 1. The van der Waals surface area contributed by atoms with Gasteiger partial charge in [0.1, 0.15) is 6.61 Å². The molecule has 5 nitrogen and oxygen atoms in total. The molecule has 24 heavy (non-hydrogen) atoms. The molecular formula is C19H35NO4. The van der Waals surface area contributed by atoms with E-state index in [-0.39, 0.29) is 5.91 Å². The maximum Gasteiger partial charge on any atom is 0.220 e. The monoisotopic (exact) mass is 341 g/mol. The molecule has 0 radical (unpaired) electrons. The molecule has 0 spiro atoms. The van der Waals surface area contributed by atoms with E-state index in [0.717, 1.165) is 19.4 Å². The first-order valence-corrected chi connectivity index (χ1v) is 9.00. The molecule has 1 N–H and O–H groups in total. The molecular weight excluding hydrogens is 306 g/mol. The Morgan fingerprint density at radius 3 is 2.33 bits per heavy atom. The molecule has 0 saturated heterocycles. The molecule has 0 aliphatic heterocycles. The Kier molecular flexibility index (Phi) is 16.0. The first kappa shape index (κ1) is 22.9. The van der Waals surface area contributed by atoms with Crippen LogP contribution in [-0.4, -0.2) is 52.1 Å². The second-order valence-corrected chi connectivity index (χ2v) is 6.39. The Bertz CT molecular complexity index is 358. The highest BCUT2D eigenvalue weighted by Gasteiger charge is 2.00. The second-order valence-electron chi connectivity index (χ2n) is 6.39. The number of nitrogens with one attached hydrogen (secondary N) is 1. The molecule has 0 rings (SSSR count). The van der Waals surface area contributed by atoms with Crippen molar-refractivity contribution in [3.63, 3.8) is 0 Å². The molecule has 0 heterocycles. The quantitative estimate of drug-likeness (QED) is 0.390. The van der Waals surface area contributed by atoms with Crippen LogP contribution in [0.4, 0.5) is 0 Å². The van der Waals surface area contributed by atoms with E-state index in [4.69, 9.17) is 14.2 Å². The van der Waals surface area contributed by atoms with Crippen LogP contribution in [0.1, 0.15) is 47.0 Å². The number of rotatable bonds is 14. The van der Waals surface area contributed by atoms with Gasteiger partial charge in [-0.2, -0.15) is 0 Å². The highest BCUT2D eigenvalue weighted by molar-refractivity contribution is 5.75. The summed E-state index contributed by atoms with van der Waals surface area (Å²) in [5, 5.41) is 2.82.